The maximum Gasteiger partial charge on any atom is 0.252 e. The first-order valence-electron chi connectivity index (χ1n) is 9.23. The fraction of sp³-hybridized carbons (Fsp3) is 0.261. The molecular weight excluding hydrogens is 402 g/mol. The molecule has 0 fully saturated rings. The van der Waals surface area contributed by atoms with Crippen molar-refractivity contribution in [3.8, 4) is 0 Å². The highest BCUT2D eigenvalue weighted by Gasteiger charge is 2.40. The van der Waals surface area contributed by atoms with Crippen LogP contribution < -0.4 is 5.32 Å². The summed E-state index contributed by atoms with van der Waals surface area (Å²) in [6, 6.07) is 13.7. The number of hydrogen-bond donors (Lipinski definition) is 1. The average Bonchev–Trinajstić information content (AvgIpc) is 2.69. The van der Waals surface area contributed by atoms with Crippen molar-refractivity contribution in [2.75, 3.05) is 6.61 Å². The van der Waals surface area contributed by atoms with Gasteiger partial charge in [-0.15, -0.1) is 0 Å². The van der Waals surface area contributed by atoms with Crippen molar-refractivity contribution < 1.29 is 9.53 Å². The Kier molecular flexibility index (Phi) is 5.02. The summed E-state index contributed by atoms with van der Waals surface area (Å²) in [5, 5.41) is 3.34. The molecule has 2 aromatic carbocycles. The Balaban J connectivity index is 1.84. The van der Waals surface area contributed by atoms with Crippen LogP contribution in [-0.4, -0.2) is 12.5 Å². The SMILES string of the molecule is CC1C=CC=CC1(NC(=O)c1ccccc1)c1cc(Br)cc2c1COCC2. The largest absolute Gasteiger partial charge is 0.376 e. The van der Waals surface area contributed by atoms with Crippen molar-refractivity contribution in [2.45, 2.75) is 25.5 Å². The molecule has 0 radical (unpaired) electrons. The second-order valence-electron chi connectivity index (χ2n) is 7.12. The van der Waals surface area contributed by atoms with E-state index in [9.17, 15) is 4.79 Å². The quantitative estimate of drug-likeness (QED) is 0.761. The molecule has 27 heavy (non-hydrogen) atoms. The number of benzene rings is 2. The average molecular weight is 424 g/mol. The van der Waals surface area contributed by atoms with Gasteiger partial charge in [0, 0.05) is 16.0 Å². The van der Waals surface area contributed by atoms with Gasteiger partial charge in [-0.1, -0.05) is 65.4 Å². The molecule has 1 aliphatic carbocycles. The predicted octanol–water partition coefficient (Wildman–Crippen LogP) is 4.91. The van der Waals surface area contributed by atoms with E-state index >= 15 is 0 Å². The van der Waals surface area contributed by atoms with Gasteiger partial charge < -0.3 is 10.1 Å². The number of ether oxygens (including phenoxy) is 1. The molecule has 1 N–H and O–H groups in total. The molecule has 0 bridgehead atoms. The number of carbonyl (C=O) groups excluding carboxylic acids is 1. The van der Waals surface area contributed by atoms with Crippen molar-refractivity contribution in [1.29, 1.82) is 0 Å². The molecule has 0 spiro atoms. The van der Waals surface area contributed by atoms with Crippen LogP contribution in [0.5, 0.6) is 0 Å². The van der Waals surface area contributed by atoms with Crippen LogP contribution in [0.3, 0.4) is 0 Å². The van der Waals surface area contributed by atoms with E-state index in [1.54, 1.807) is 0 Å². The normalized spacial score (nSPS) is 23.7. The number of halogens is 1. The number of carbonyl (C=O) groups is 1. The van der Waals surface area contributed by atoms with Crippen molar-refractivity contribution in [3.63, 3.8) is 0 Å². The molecule has 2 aliphatic rings. The lowest BCUT2D eigenvalue weighted by Crippen LogP contribution is -2.50. The van der Waals surface area contributed by atoms with Gasteiger partial charge in [-0.3, -0.25) is 4.79 Å². The van der Waals surface area contributed by atoms with E-state index in [-0.39, 0.29) is 11.8 Å². The molecule has 0 saturated heterocycles. The van der Waals surface area contributed by atoms with Gasteiger partial charge in [0.1, 0.15) is 0 Å². The van der Waals surface area contributed by atoms with Gasteiger partial charge in [0.25, 0.3) is 5.91 Å². The molecular formula is C23H22BrNO2. The minimum Gasteiger partial charge on any atom is -0.376 e. The monoisotopic (exact) mass is 423 g/mol. The molecule has 0 aromatic heterocycles. The van der Waals surface area contributed by atoms with E-state index in [4.69, 9.17) is 4.74 Å². The lowest BCUT2D eigenvalue weighted by Gasteiger charge is -2.40. The Morgan fingerprint density at radius 3 is 2.81 bits per heavy atom. The zero-order valence-electron chi connectivity index (χ0n) is 15.2. The van der Waals surface area contributed by atoms with Crippen LogP contribution in [-0.2, 0) is 23.3 Å². The molecule has 1 heterocycles. The maximum absolute atomic E-state index is 13.1. The van der Waals surface area contributed by atoms with Crippen LogP contribution in [0.15, 0.2) is 71.2 Å². The van der Waals surface area contributed by atoms with Crippen molar-refractivity contribution in [3.05, 3.63) is 93.5 Å². The summed E-state index contributed by atoms with van der Waals surface area (Å²) >= 11 is 3.67. The second-order valence-corrected chi connectivity index (χ2v) is 8.03. The minimum absolute atomic E-state index is 0.0761. The highest BCUT2D eigenvalue weighted by Crippen LogP contribution is 2.40. The summed E-state index contributed by atoms with van der Waals surface area (Å²) in [6.45, 7) is 3.45. The van der Waals surface area contributed by atoms with Gasteiger partial charge in [0.05, 0.1) is 18.8 Å². The first-order valence-corrected chi connectivity index (χ1v) is 10.0. The van der Waals surface area contributed by atoms with E-state index in [0.29, 0.717) is 12.2 Å². The Labute approximate surface area is 168 Å². The first kappa shape index (κ1) is 18.2. The van der Waals surface area contributed by atoms with Gasteiger partial charge in [-0.05, 0) is 47.4 Å². The zero-order chi connectivity index (χ0) is 18.9. The Morgan fingerprint density at radius 1 is 1.22 bits per heavy atom. The Hall–Kier alpha value is -2.17. The molecule has 2 unspecified atom stereocenters. The summed E-state index contributed by atoms with van der Waals surface area (Å²) in [5.74, 6) is 0.0309. The van der Waals surface area contributed by atoms with E-state index < -0.39 is 5.54 Å². The van der Waals surface area contributed by atoms with Crippen molar-refractivity contribution in [1.82, 2.24) is 5.32 Å². The van der Waals surface area contributed by atoms with E-state index in [1.807, 2.05) is 42.5 Å². The third-order valence-corrected chi connectivity index (χ3v) is 5.92. The topological polar surface area (TPSA) is 38.3 Å². The molecule has 4 heteroatoms. The first-order chi connectivity index (χ1) is 13.1. The summed E-state index contributed by atoms with van der Waals surface area (Å²) in [5.41, 5.74) is 3.62. The summed E-state index contributed by atoms with van der Waals surface area (Å²) in [7, 11) is 0. The van der Waals surface area contributed by atoms with Crippen LogP contribution in [0.4, 0.5) is 0 Å². The van der Waals surface area contributed by atoms with Gasteiger partial charge in [0.2, 0.25) is 0 Å². The zero-order valence-corrected chi connectivity index (χ0v) is 16.8. The molecule has 3 nitrogen and oxygen atoms in total. The Bertz CT molecular complexity index is 919. The highest BCUT2D eigenvalue weighted by atomic mass is 79.9. The number of allylic oxidation sites excluding steroid dienone is 2. The van der Waals surface area contributed by atoms with Crippen molar-refractivity contribution >= 4 is 21.8 Å². The summed E-state index contributed by atoms with van der Waals surface area (Å²) in [4.78, 5) is 13.1. The van der Waals surface area contributed by atoms with Gasteiger partial charge in [0.15, 0.2) is 0 Å². The fourth-order valence-electron chi connectivity index (χ4n) is 3.96. The lowest BCUT2D eigenvalue weighted by molar-refractivity contribution is 0.0888. The predicted molar refractivity (Wildman–Crippen MR) is 111 cm³/mol. The fourth-order valence-corrected chi connectivity index (χ4v) is 4.47. The molecule has 1 amide bonds. The molecule has 4 rings (SSSR count). The van der Waals surface area contributed by atoms with Crippen molar-refractivity contribution in [2.24, 2.45) is 5.92 Å². The third kappa shape index (κ3) is 3.40. The molecule has 2 atom stereocenters. The number of hydrogen-bond acceptors (Lipinski definition) is 2. The number of rotatable bonds is 3. The van der Waals surface area contributed by atoms with Crippen LogP contribution in [0.2, 0.25) is 0 Å². The highest BCUT2D eigenvalue weighted by molar-refractivity contribution is 9.10. The second kappa shape index (κ2) is 7.45. The number of amides is 1. The third-order valence-electron chi connectivity index (χ3n) is 5.46. The van der Waals surface area contributed by atoms with E-state index in [1.165, 1.54) is 11.1 Å². The van der Waals surface area contributed by atoms with Crippen LogP contribution in [0.25, 0.3) is 0 Å². The van der Waals surface area contributed by atoms with E-state index in [0.717, 1.165) is 23.1 Å². The minimum atomic E-state index is -0.615. The summed E-state index contributed by atoms with van der Waals surface area (Å²) in [6.07, 6.45) is 9.19. The molecule has 1 aliphatic heterocycles. The standard InChI is InChI=1S/C23H22BrNO2/c1-16-7-5-6-11-23(16,25-22(26)17-8-3-2-4-9-17)21-14-19(24)13-18-10-12-27-15-20(18)21/h2-9,11,13-14,16H,10,12,15H2,1H3,(H,25,26). The van der Waals surface area contributed by atoms with Crippen LogP contribution in [0, 0.1) is 5.92 Å². The van der Waals surface area contributed by atoms with Crippen LogP contribution in [0.1, 0.15) is 34.0 Å². The van der Waals surface area contributed by atoms with Gasteiger partial charge in [-0.2, -0.15) is 0 Å². The molecule has 0 saturated carbocycles. The van der Waals surface area contributed by atoms with E-state index in [2.05, 4.69) is 52.5 Å². The molecule has 138 valence electrons. The smallest absolute Gasteiger partial charge is 0.252 e. The van der Waals surface area contributed by atoms with Gasteiger partial charge in [-0.25, -0.2) is 0 Å². The summed E-state index contributed by atoms with van der Waals surface area (Å²) < 4.78 is 6.80. The van der Waals surface area contributed by atoms with Gasteiger partial charge >= 0.3 is 0 Å². The Morgan fingerprint density at radius 2 is 2.04 bits per heavy atom. The number of nitrogens with one attached hydrogen (secondary N) is 1. The molecule has 2 aromatic rings. The maximum atomic E-state index is 13.1. The number of fused-ring (bicyclic) bond motifs is 1. The lowest BCUT2D eigenvalue weighted by atomic mass is 9.73. The van der Waals surface area contributed by atoms with Crippen LogP contribution >= 0.6 is 15.9 Å².